The molecule has 1 heterocycles. The van der Waals surface area contributed by atoms with Crippen LogP contribution in [0.2, 0.25) is 0 Å². The summed E-state index contributed by atoms with van der Waals surface area (Å²) < 4.78 is 1.62. The minimum Gasteiger partial charge on any atom is -0.349 e. The zero-order chi connectivity index (χ0) is 21.7. The van der Waals surface area contributed by atoms with Crippen LogP contribution in [0, 0.1) is 5.92 Å². The Morgan fingerprint density at radius 3 is 2.47 bits per heavy atom. The van der Waals surface area contributed by atoms with Crippen LogP contribution in [0.25, 0.3) is 10.9 Å². The summed E-state index contributed by atoms with van der Waals surface area (Å²) in [5, 5.41) is 4.21. The maximum absolute atomic E-state index is 12.7. The number of amides is 1. The lowest BCUT2D eigenvalue weighted by Crippen LogP contribution is -2.29. The highest BCUT2D eigenvalue weighted by Gasteiger charge is 2.14. The van der Waals surface area contributed by atoms with Crippen LogP contribution in [0.1, 0.15) is 44.9 Å². The largest absolute Gasteiger partial charge is 0.349 e. The monoisotopic (exact) mass is 423 g/mol. The van der Waals surface area contributed by atoms with Gasteiger partial charge in [-0.15, -0.1) is 0 Å². The molecule has 0 bridgehead atoms. The van der Waals surface area contributed by atoms with Crippen molar-refractivity contribution in [2.24, 2.45) is 5.92 Å². The molecule has 0 saturated carbocycles. The number of carbonyl (C=O) groups is 1. The number of nitrogens with one attached hydrogen (secondary N) is 1. The van der Waals surface area contributed by atoms with Crippen molar-refractivity contribution in [1.29, 1.82) is 0 Å². The number of thioether (sulfide) groups is 1. The van der Waals surface area contributed by atoms with E-state index >= 15 is 0 Å². The highest BCUT2D eigenvalue weighted by molar-refractivity contribution is 7.99. The van der Waals surface area contributed by atoms with E-state index in [4.69, 9.17) is 0 Å². The van der Waals surface area contributed by atoms with E-state index in [1.165, 1.54) is 17.3 Å². The molecule has 2 aromatic carbocycles. The zero-order valence-corrected chi connectivity index (χ0v) is 18.8. The summed E-state index contributed by atoms with van der Waals surface area (Å²) in [6, 6.07) is 15.6. The smallest absolute Gasteiger partial charge is 0.262 e. The molecule has 0 aliphatic heterocycles. The molecule has 3 aromatic rings. The number of aromatic nitrogens is 2. The van der Waals surface area contributed by atoms with E-state index < -0.39 is 0 Å². The molecule has 0 radical (unpaired) electrons. The van der Waals surface area contributed by atoms with Gasteiger partial charge in [0, 0.05) is 6.54 Å². The lowest BCUT2D eigenvalue weighted by Gasteiger charge is -2.16. The van der Waals surface area contributed by atoms with Crippen molar-refractivity contribution in [3.8, 4) is 0 Å². The van der Waals surface area contributed by atoms with Crippen molar-refractivity contribution < 1.29 is 4.79 Å². The van der Waals surface area contributed by atoms with Gasteiger partial charge in [-0.1, -0.05) is 62.0 Å². The van der Waals surface area contributed by atoms with Crippen LogP contribution < -0.4 is 10.9 Å². The first kappa shape index (κ1) is 22.1. The number of benzene rings is 2. The SMILES string of the molecule is CCn1c(SCC(=O)N[C@H](C)c2ccc(CC(C)C)cc2)nc2ccccc2c1=O. The van der Waals surface area contributed by atoms with Crippen LogP contribution in [-0.2, 0) is 17.8 Å². The van der Waals surface area contributed by atoms with Gasteiger partial charge in [-0.25, -0.2) is 4.98 Å². The lowest BCUT2D eigenvalue weighted by molar-refractivity contribution is -0.119. The van der Waals surface area contributed by atoms with Gasteiger partial charge in [0.1, 0.15) is 0 Å². The van der Waals surface area contributed by atoms with Crippen LogP contribution in [-0.4, -0.2) is 21.2 Å². The van der Waals surface area contributed by atoms with Gasteiger partial charge in [-0.2, -0.15) is 0 Å². The Morgan fingerprint density at radius 1 is 1.10 bits per heavy atom. The van der Waals surface area contributed by atoms with Crippen molar-refractivity contribution >= 4 is 28.6 Å². The molecule has 5 nitrogen and oxygen atoms in total. The molecular formula is C24H29N3O2S. The van der Waals surface area contributed by atoms with Gasteiger partial charge in [-0.3, -0.25) is 14.2 Å². The predicted octanol–water partition coefficient (Wildman–Crippen LogP) is 4.58. The standard InChI is InChI=1S/C24H29N3O2S/c1-5-27-23(29)20-8-6-7-9-21(20)26-24(27)30-15-22(28)25-17(4)19-12-10-18(11-13-19)14-16(2)3/h6-13,16-17H,5,14-15H2,1-4H3,(H,25,28)/t17-/m1/s1. The van der Waals surface area contributed by atoms with Crippen molar-refractivity contribution in [3.05, 3.63) is 70.0 Å². The summed E-state index contributed by atoms with van der Waals surface area (Å²) in [5.74, 6) is 0.749. The fraction of sp³-hybridized carbons (Fsp3) is 0.375. The van der Waals surface area contributed by atoms with Crippen LogP contribution in [0.3, 0.4) is 0 Å². The summed E-state index contributed by atoms with van der Waals surface area (Å²) in [6.45, 7) is 8.82. The topological polar surface area (TPSA) is 64.0 Å². The molecule has 1 aromatic heterocycles. The Labute approximate surface area is 181 Å². The summed E-state index contributed by atoms with van der Waals surface area (Å²) in [6.07, 6.45) is 1.05. The van der Waals surface area contributed by atoms with Gasteiger partial charge in [-0.05, 0) is 49.4 Å². The van der Waals surface area contributed by atoms with Crippen molar-refractivity contribution in [1.82, 2.24) is 14.9 Å². The molecule has 1 N–H and O–H groups in total. The minimum absolute atomic E-state index is 0.0686. The van der Waals surface area contributed by atoms with Crippen molar-refractivity contribution in [3.63, 3.8) is 0 Å². The summed E-state index contributed by atoms with van der Waals surface area (Å²) in [7, 11) is 0. The van der Waals surface area contributed by atoms with Gasteiger partial charge >= 0.3 is 0 Å². The Morgan fingerprint density at radius 2 is 1.80 bits per heavy atom. The highest BCUT2D eigenvalue weighted by Crippen LogP contribution is 2.19. The van der Waals surface area contributed by atoms with E-state index in [2.05, 4.69) is 48.4 Å². The first-order valence-electron chi connectivity index (χ1n) is 10.4. The predicted molar refractivity (Wildman–Crippen MR) is 124 cm³/mol. The van der Waals surface area contributed by atoms with Gasteiger partial charge in [0.15, 0.2) is 5.16 Å². The Hall–Kier alpha value is -2.60. The first-order chi connectivity index (χ1) is 14.4. The molecule has 0 saturated heterocycles. The Balaban J connectivity index is 1.65. The second-order valence-corrected chi connectivity index (χ2v) is 8.82. The van der Waals surface area contributed by atoms with E-state index in [1.54, 1.807) is 10.6 Å². The van der Waals surface area contributed by atoms with Crippen LogP contribution in [0.4, 0.5) is 0 Å². The fourth-order valence-electron chi connectivity index (χ4n) is 3.45. The van der Waals surface area contributed by atoms with Crippen molar-refractivity contribution in [2.75, 3.05) is 5.75 Å². The number of hydrogen-bond donors (Lipinski definition) is 1. The maximum Gasteiger partial charge on any atom is 0.262 e. The third-order valence-corrected chi connectivity index (χ3v) is 5.95. The summed E-state index contributed by atoms with van der Waals surface area (Å²) >= 11 is 1.29. The molecule has 30 heavy (non-hydrogen) atoms. The normalized spacial score (nSPS) is 12.3. The fourth-order valence-corrected chi connectivity index (χ4v) is 4.32. The summed E-state index contributed by atoms with van der Waals surface area (Å²) in [4.78, 5) is 29.8. The third kappa shape index (κ3) is 5.30. The molecule has 0 unspecified atom stereocenters. The molecule has 0 aliphatic rings. The number of nitrogens with zero attached hydrogens (tertiary/aromatic N) is 2. The van der Waals surface area contributed by atoms with Gasteiger partial charge < -0.3 is 5.32 Å². The van der Waals surface area contributed by atoms with E-state index in [0.717, 1.165) is 12.0 Å². The van der Waals surface area contributed by atoms with Crippen molar-refractivity contribution in [2.45, 2.75) is 51.9 Å². The molecular weight excluding hydrogens is 394 g/mol. The number of carbonyl (C=O) groups excluding carboxylic acids is 1. The first-order valence-corrected chi connectivity index (χ1v) is 11.4. The Bertz CT molecular complexity index is 1070. The molecule has 3 rings (SSSR count). The summed E-state index contributed by atoms with van der Waals surface area (Å²) in [5.41, 5.74) is 2.98. The Kier molecular flexibility index (Phi) is 7.32. The highest BCUT2D eigenvalue weighted by atomic mass is 32.2. The third-order valence-electron chi connectivity index (χ3n) is 4.98. The number of para-hydroxylation sites is 1. The van der Waals surface area contributed by atoms with Gasteiger partial charge in [0.25, 0.3) is 5.56 Å². The van der Waals surface area contributed by atoms with Gasteiger partial charge in [0.2, 0.25) is 5.91 Å². The number of hydrogen-bond acceptors (Lipinski definition) is 4. The van der Waals surface area contributed by atoms with Crippen LogP contribution in [0.5, 0.6) is 0 Å². The molecule has 0 fully saturated rings. The lowest BCUT2D eigenvalue weighted by atomic mass is 10.00. The number of fused-ring (bicyclic) bond motifs is 1. The number of rotatable bonds is 8. The minimum atomic E-state index is -0.0798. The second kappa shape index (κ2) is 9.94. The average Bonchev–Trinajstić information content (AvgIpc) is 2.72. The average molecular weight is 424 g/mol. The zero-order valence-electron chi connectivity index (χ0n) is 18.0. The quantitative estimate of drug-likeness (QED) is 0.425. The van der Waals surface area contributed by atoms with E-state index in [1.807, 2.05) is 32.0 Å². The molecule has 0 aliphatic carbocycles. The molecule has 1 atom stereocenters. The van der Waals surface area contributed by atoms with E-state index in [9.17, 15) is 9.59 Å². The van der Waals surface area contributed by atoms with E-state index in [0.29, 0.717) is 28.5 Å². The molecule has 0 spiro atoms. The second-order valence-electron chi connectivity index (χ2n) is 7.88. The maximum atomic E-state index is 12.7. The van der Waals surface area contributed by atoms with Crippen LogP contribution in [0.15, 0.2) is 58.5 Å². The molecule has 6 heteroatoms. The van der Waals surface area contributed by atoms with Gasteiger partial charge in [0.05, 0.1) is 22.7 Å². The van der Waals surface area contributed by atoms with Crippen LogP contribution >= 0.6 is 11.8 Å². The molecule has 1 amide bonds. The van der Waals surface area contributed by atoms with E-state index in [-0.39, 0.29) is 23.3 Å². The molecule has 158 valence electrons.